The van der Waals surface area contributed by atoms with Gasteiger partial charge in [0, 0.05) is 69.5 Å². The van der Waals surface area contributed by atoms with Crippen molar-refractivity contribution >= 4 is 17.9 Å². The van der Waals surface area contributed by atoms with E-state index in [-0.39, 0.29) is 53.6 Å². The Labute approximate surface area is 242 Å². The topological polar surface area (TPSA) is 118 Å². The maximum Gasteiger partial charge on any atom is 0.324 e. The lowest BCUT2D eigenvalue weighted by molar-refractivity contribution is 0.00558. The van der Waals surface area contributed by atoms with Gasteiger partial charge < -0.3 is 25.0 Å². The van der Waals surface area contributed by atoms with Crippen LogP contribution in [0.1, 0.15) is 62.6 Å². The van der Waals surface area contributed by atoms with Gasteiger partial charge in [0.15, 0.2) is 0 Å². The summed E-state index contributed by atoms with van der Waals surface area (Å²) in [6, 6.07) is 0.0703. The Morgan fingerprint density at radius 2 is 1.74 bits per heavy atom. The minimum Gasteiger partial charge on any atom is -0.339 e. The lowest BCUT2D eigenvalue weighted by Crippen LogP contribution is -2.48. The average Bonchev–Trinajstić information content (AvgIpc) is 3.50. The summed E-state index contributed by atoms with van der Waals surface area (Å²) in [5.41, 5.74) is 7.95. The van der Waals surface area contributed by atoms with E-state index < -0.39 is 11.7 Å². The summed E-state index contributed by atoms with van der Waals surface area (Å²) < 4.78 is 46.3. The summed E-state index contributed by atoms with van der Waals surface area (Å²) in [5.74, 6) is -3.32. The van der Waals surface area contributed by atoms with E-state index in [1.54, 1.807) is 29.4 Å². The SMILES string of the molecule is CC1C=C(F)C=C(C2CN(c3ncc(C(=O)N(C4CC4)C4CCN(c5nc(C(C)(F)F)no5)CC4)cn3)CC2N)C1C. The van der Waals surface area contributed by atoms with E-state index in [9.17, 15) is 18.0 Å². The van der Waals surface area contributed by atoms with Crippen LogP contribution in [0.2, 0.25) is 0 Å². The van der Waals surface area contributed by atoms with E-state index in [4.69, 9.17) is 10.3 Å². The number of hydrogen-bond acceptors (Lipinski definition) is 9. The normalized spacial score (nSPS) is 27.2. The number of carbonyl (C=O) groups excluding carboxylic acids is 1. The Morgan fingerprint density at radius 3 is 2.36 bits per heavy atom. The predicted octanol–water partition coefficient (Wildman–Crippen LogP) is 4.07. The average molecular weight is 587 g/mol. The second kappa shape index (κ2) is 11.0. The van der Waals surface area contributed by atoms with Gasteiger partial charge >= 0.3 is 11.9 Å². The van der Waals surface area contributed by atoms with Crippen LogP contribution in [0.3, 0.4) is 0 Å². The highest BCUT2D eigenvalue weighted by atomic mass is 19.3. The summed E-state index contributed by atoms with van der Waals surface area (Å²) in [7, 11) is 0. The highest BCUT2D eigenvalue weighted by molar-refractivity contribution is 5.94. The number of carbonyl (C=O) groups is 1. The summed E-state index contributed by atoms with van der Waals surface area (Å²) in [5, 5.41) is 3.41. The van der Waals surface area contributed by atoms with Crippen LogP contribution < -0.4 is 15.5 Å². The molecule has 42 heavy (non-hydrogen) atoms. The Morgan fingerprint density at radius 1 is 1.07 bits per heavy atom. The fourth-order valence-electron chi connectivity index (χ4n) is 6.41. The molecular weight excluding hydrogens is 549 g/mol. The molecule has 10 nitrogen and oxygen atoms in total. The van der Waals surface area contributed by atoms with E-state index in [0.717, 1.165) is 25.3 Å². The zero-order valence-corrected chi connectivity index (χ0v) is 24.1. The van der Waals surface area contributed by atoms with Gasteiger partial charge in [-0.15, -0.1) is 0 Å². The van der Waals surface area contributed by atoms with Crippen molar-refractivity contribution in [3.63, 3.8) is 0 Å². The van der Waals surface area contributed by atoms with Gasteiger partial charge in [0.1, 0.15) is 5.83 Å². The van der Waals surface area contributed by atoms with Gasteiger partial charge in [0.05, 0.1) is 5.56 Å². The third-order valence-electron chi connectivity index (χ3n) is 9.11. The second-order valence-corrected chi connectivity index (χ2v) is 12.2. The second-order valence-electron chi connectivity index (χ2n) is 12.2. The maximum absolute atomic E-state index is 14.2. The summed E-state index contributed by atoms with van der Waals surface area (Å²) in [4.78, 5) is 32.3. The highest BCUT2D eigenvalue weighted by Crippen LogP contribution is 2.38. The summed E-state index contributed by atoms with van der Waals surface area (Å²) in [6.07, 6.45) is 9.62. The molecule has 226 valence electrons. The van der Waals surface area contributed by atoms with E-state index in [0.29, 0.717) is 50.5 Å². The van der Waals surface area contributed by atoms with Gasteiger partial charge in [-0.05, 0) is 49.7 Å². The molecule has 0 radical (unpaired) electrons. The smallest absolute Gasteiger partial charge is 0.324 e. The molecule has 4 atom stereocenters. The first-order valence-corrected chi connectivity index (χ1v) is 14.7. The summed E-state index contributed by atoms with van der Waals surface area (Å²) >= 11 is 0. The van der Waals surface area contributed by atoms with E-state index >= 15 is 0 Å². The molecule has 13 heteroatoms. The number of alkyl halides is 2. The van der Waals surface area contributed by atoms with Crippen LogP contribution >= 0.6 is 0 Å². The molecule has 2 aromatic rings. The molecule has 3 fully saturated rings. The fourth-order valence-corrected chi connectivity index (χ4v) is 6.41. The first-order valence-electron chi connectivity index (χ1n) is 14.7. The zero-order valence-electron chi connectivity index (χ0n) is 24.1. The molecule has 4 heterocycles. The Kier molecular flexibility index (Phi) is 7.48. The number of amides is 1. The number of anilines is 2. The van der Waals surface area contributed by atoms with Gasteiger partial charge in [0.25, 0.3) is 5.91 Å². The number of rotatable bonds is 7. The van der Waals surface area contributed by atoms with Gasteiger partial charge in [-0.2, -0.15) is 13.8 Å². The van der Waals surface area contributed by atoms with Crippen LogP contribution in [0.25, 0.3) is 0 Å². The fraction of sp³-hybridized carbons (Fsp3) is 0.621. The molecule has 2 aliphatic heterocycles. The van der Waals surface area contributed by atoms with Crippen molar-refractivity contribution in [2.45, 2.75) is 70.5 Å². The number of hydrogen-bond donors (Lipinski definition) is 1. The molecule has 0 aromatic carbocycles. The number of nitrogens with two attached hydrogens (primary N) is 1. The molecule has 6 rings (SSSR count). The van der Waals surface area contributed by atoms with Crippen molar-refractivity contribution in [1.82, 2.24) is 25.0 Å². The van der Waals surface area contributed by atoms with Crippen LogP contribution in [0.15, 0.2) is 40.5 Å². The number of nitrogens with zero attached hydrogens (tertiary/aromatic N) is 7. The van der Waals surface area contributed by atoms with Gasteiger partial charge in [-0.3, -0.25) is 4.79 Å². The third kappa shape index (κ3) is 5.62. The highest BCUT2D eigenvalue weighted by Gasteiger charge is 2.41. The Balaban J connectivity index is 1.10. The van der Waals surface area contributed by atoms with Crippen LogP contribution in [-0.4, -0.2) is 75.2 Å². The van der Waals surface area contributed by atoms with Crippen molar-refractivity contribution in [3.05, 3.63) is 47.3 Å². The Bertz CT molecular complexity index is 1360. The minimum absolute atomic E-state index is 0.000225. The molecule has 0 spiro atoms. The number of halogens is 3. The van der Waals surface area contributed by atoms with Gasteiger partial charge in [-0.25, -0.2) is 14.4 Å². The van der Waals surface area contributed by atoms with Gasteiger partial charge in [-0.1, -0.05) is 24.6 Å². The van der Waals surface area contributed by atoms with Crippen LogP contribution in [0.4, 0.5) is 25.1 Å². The number of aromatic nitrogens is 4. The number of allylic oxidation sites excluding steroid dienone is 3. The molecule has 4 unspecified atom stereocenters. The molecule has 1 saturated carbocycles. The van der Waals surface area contributed by atoms with Crippen LogP contribution in [0, 0.1) is 17.8 Å². The number of piperidine rings is 1. The third-order valence-corrected chi connectivity index (χ3v) is 9.11. The van der Waals surface area contributed by atoms with E-state index in [1.165, 1.54) is 0 Å². The van der Waals surface area contributed by atoms with Crippen molar-refractivity contribution in [3.8, 4) is 0 Å². The monoisotopic (exact) mass is 586 g/mol. The summed E-state index contributed by atoms with van der Waals surface area (Å²) in [6.45, 7) is 7.02. The van der Waals surface area contributed by atoms with Crippen LogP contribution in [0.5, 0.6) is 0 Å². The predicted molar refractivity (Wildman–Crippen MR) is 150 cm³/mol. The first kappa shape index (κ1) is 28.6. The molecule has 1 amide bonds. The van der Waals surface area contributed by atoms with E-state index in [1.807, 2.05) is 16.7 Å². The van der Waals surface area contributed by atoms with Crippen LogP contribution in [-0.2, 0) is 5.92 Å². The first-order chi connectivity index (χ1) is 20.0. The van der Waals surface area contributed by atoms with E-state index in [2.05, 4.69) is 27.0 Å². The van der Waals surface area contributed by atoms with Crippen molar-refractivity contribution in [2.24, 2.45) is 23.5 Å². The van der Waals surface area contributed by atoms with Crippen molar-refractivity contribution < 1.29 is 22.5 Å². The lowest BCUT2D eigenvalue weighted by Gasteiger charge is -2.38. The van der Waals surface area contributed by atoms with Crippen molar-refractivity contribution in [1.29, 1.82) is 0 Å². The largest absolute Gasteiger partial charge is 0.339 e. The zero-order chi connectivity index (χ0) is 29.8. The molecule has 2 aliphatic carbocycles. The maximum atomic E-state index is 14.2. The molecule has 0 bridgehead atoms. The molecule has 2 aromatic heterocycles. The molecule has 2 saturated heterocycles. The van der Waals surface area contributed by atoms with Crippen molar-refractivity contribution in [2.75, 3.05) is 36.0 Å². The molecule has 4 aliphatic rings. The quantitative estimate of drug-likeness (QED) is 0.512. The lowest BCUT2D eigenvalue weighted by atomic mass is 9.77. The Hall–Kier alpha value is -3.48. The van der Waals surface area contributed by atoms with Gasteiger partial charge in [0.2, 0.25) is 11.8 Å². The molecule has 2 N–H and O–H groups in total. The minimum atomic E-state index is -3.17. The molecular formula is C29H37F3N8O2. The standard InChI is InChI=1S/C29H37F3N8O2/c1-16-10-19(30)11-22(17(16)2)23-14-39(15-24(23)33)27-34-12-18(13-35-27)25(41)40(20-4-5-20)21-6-8-38(9-7-21)28-36-26(37-42-28)29(3,31)32/h10-13,16-17,20-21,23-24H,4-9,14-15,33H2,1-3H3.